The van der Waals surface area contributed by atoms with Crippen LogP contribution in [0.2, 0.25) is 0 Å². The van der Waals surface area contributed by atoms with E-state index in [-0.39, 0.29) is 12.3 Å². The molecule has 0 saturated carbocycles. The zero-order valence-electron chi connectivity index (χ0n) is 16.6. The third-order valence-electron chi connectivity index (χ3n) is 4.33. The van der Waals surface area contributed by atoms with E-state index in [9.17, 15) is 4.79 Å². The van der Waals surface area contributed by atoms with Gasteiger partial charge in [0.2, 0.25) is 5.91 Å². The van der Waals surface area contributed by atoms with E-state index in [1.54, 1.807) is 11.3 Å². The zero-order valence-corrected chi connectivity index (χ0v) is 18.2. The summed E-state index contributed by atoms with van der Waals surface area (Å²) in [5, 5.41) is 9.85. The maximum Gasteiger partial charge on any atom is 0.226 e. The summed E-state index contributed by atoms with van der Waals surface area (Å²) < 4.78 is 6.83. The second-order valence-electron chi connectivity index (χ2n) is 6.51. The zero-order chi connectivity index (χ0) is 20.8. The Morgan fingerprint density at radius 3 is 2.77 bits per heavy atom. The lowest BCUT2D eigenvalue weighted by Crippen LogP contribution is -2.30. The first-order chi connectivity index (χ1) is 14.7. The van der Waals surface area contributed by atoms with Gasteiger partial charge in [-0.25, -0.2) is 9.97 Å². The van der Waals surface area contributed by atoms with Crippen LogP contribution in [0.4, 0.5) is 5.13 Å². The highest BCUT2D eigenvalue weighted by atomic mass is 32.1. The first kappa shape index (κ1) is 20.3. The van der Waals surface area contributed by atoms with Crippen LogP contribution in [0, 0.1) is 0 Å². The number of amides is 1. The van der Waals surface area contributed by atoms with Crippen LogP contribution in [0.1, 0.15) is 12.6 Å². The van der Waals surface area contributed by atoms with Gasteiger partial charge >= 0.3 is 0 Å². The van der Waals surface area contributed by atoms with E-state index in [0.717, 1.165) is 37.4 Å². The van der Waals surface area contributed by atoms with Crippen molar-refractivity contribution >= 4 is 43.9 Å². The molecule has 0 radical (unpaired) electrons. The Labute approximate surface area is 183 Å². The molecular weight excluding hydrogens is 416 g/mol. The van der Waals surface area contributed by atoms with Gasteiger partial charge in [0.15, 0.2) is 5.13 Å². The molecule has 154 valence electrons. The number of hydrogen-bond acceptors (Lipinski definition) is 7. The molecular formula is C22H22N4O2S2. The highest BCUT2D eigenvalue weighted by Gasteiger charge is 2.12. The fourth-order valence-corrected chi connectivity index (χ4v) is 4.72. The molecule has 0 bridgehead atoms. The van der Waals surface area contributed by atoms with Crippen molar-refractivity contribution in [2.45, 2.75) is 13.3 Å². The number of nitrogens with one attached hydrogen (secondary N) is 2. The topological polar surface area (TPSA) is 76.1 Å². The molecule has 2 heterocycles. The summed E-state index contributed by atoms with van der Waals surface area (Å²) in [5.41, 5.74) is 2.70. The fourth-order valence-electron chi connectivity index (χ4n) is 2.98. The molecule has 1 amide bonds. The molecule has 2 aromatic carbocycles. The quantitative estimate of drug-likeness (QED) is 0.374. The predicted molar refractivity (Wildman–Crippen MR) is 124 cm³/mol. The number of carbonyl (C=O) groups is 1. The van der Waals surface area contributed by atoms with Crippen molar-refractivity contribution in [3.63, 3.8) is 0 Å². The second-order valence-corrected chi connectivity index (χ2v) is 8.40. The molecule has 0 fully saturated rings. The third kappa shape index (κ3) is 4.95. The minimum Gasteiger partial charge on any atom is -0.493 e. The Hall–Kier alpha value is -2.97. The van der Waals surface area contributed by atoms with Crippen molar-refractivity contribution in [2.24, 2.45) is 0 Å². The Morgan fingerprint density at radius 1 is 1.07 bits per heavy atom. The van der Waals surface area contributed by atoms with E-state index in [1.165, 1.54) is 11.3 Å². The minimum atomic E-state index is -0.0453. The molecule has 0 saturated heterocycles. The molecule has 6 nitrogen and oxygen atoms in total. The van der Waals surface area contributed by atoms with E-state index >= 15 is 0 Å². The molecule has 4 rings (SSSR count). The second kappa shape index (κ2) is 9.69. The van der Waals surface area contributed by atoms with Crippen LogP contribution in [0.3, 0.4) is 0 Å². The Balaban J connectivity index is 1.26. The molecule has 0 unspecified atom stereocenters. The number of ether oxygens (including phenoxy) is 1. The molecule has 0 aliphatic rings. The maximum absolute atomic E-state index is 12.3. The van der Waals surface area contributed by atoms with E-state index in [2.05, 4.69) is 26.7 Å². The lowest BCUT2D eigenvalue weighted by atomic mass is 10.2. The van der Waals surface area contributed by atoms with Crippen LogP contribution in [0.15, 0.2) is 53.9 Å². The molecule has 0 aliphatic heterocycles. The number of hydrogen-bond donors (Lipinski definition) is 2. The highest BCUT2D eigenvalue weighted by molar-refractivity contribution is 7.22. The van der Waals surface area contributed by atoms with Gasteiger partial charge in [0, 0.05) is 18.5 Å². The summed E-state index contributed by atoms with van der Waals surface area (Å²) in [6.07, 6.45) is 0.258. The number of nitrogens with zero attached hydrogens (tertiary/aromatic N) is 2. The van der Waals surface area contributed by atoms with Crippen LogP contribution in [-0.2, 0) is 11.2 Å². The van der Waals surface area contributed by atoms with Crippen molar-refractivity contribution in [1.82, 2.24) is 15.3 Å². The Bertz CT molecular complexity index is 1110. The van der Waals surface area contributed by atoms with Crippen molar-refractivity contribution in [3.8, 4) is 16.3 Å². The summed E-state index contributed by atoms with van der Waals surface area (Å²) in [4.78, 5) is 21.4. The van der Waals surface area contributed by atoms with Gasteiger partial charge in [-0.15, -0.1) is 11.3 Å². The number of thiazole rings is 2. The summed E-state index contributed by atoms with van der Waals surface area (Å²) in [5.74, 6) is 0.766. The van der Waals surface area contributed by atoms with Crippen molar-refractivity contribution in [2.75, 3.05) is 25.0 Å². The summed E-state index contributed by atoms with van der Waals surface area (Å²) in [6, 6.07) is 15.9. The summed E-state index contributed by atoms with van der Waals surface area (Å²) in [6.45, 7) is 3.71. The number of carbonyl (C=O) groups excluding carboxylic acids is 1. The number of para-hydroxylation sites is 2. The SMILES string of the molecule is CCOc1ccccc1-c1nc(CC(=O)NCCNc2nc3ccccc3s2)cs1. The van der Waals surface area contributed by atoms with Gasteiger partial charge in [0.05, 0.1) is 34.5 Å². The van der Waals surface area contributed by atoms with Crippen molar-refractivity contribution in [3.05, 3.63) is 59.6 Å². The van der Waals surface area contributed by atoms with Crippen LogP contribution in [0.5, 0.6) is 5.75 Å². The average molecular weight is 439 g/mol. The van der Waals surface area contributed by atoms with Crippen molar-refractivity contribution in [1.29, 1.82) is 0 Å². The van der Waals surface area contributed by atoms with E-state index < -0.39 is 0 Å². The monoisotopic (exact) mass is 438 g/mol. The van der Waals surface area contributed by atoms with Gasteiger partial charge in [-0.1, -0.05) is 35.6 Å². The van der Waals surface area contributed by atoms with Gasteiger partial charge in [0.1, 0.15) is 10.8 Å². The van der Waals surface area contributed by atoms with Crippen LogP contribution >= 0.6 is 22.7 Å². The first-order valence-electron chi connectivity index (χ1n) is 9.75. The molecule has 4 aromatic rings. The van der Waals surface area contributed by atoms with Crippen molar-refractivity contribution < 1.29 is 9.53 Å². The number of aromatic nitrogens is 2. The van der Waals surface area contributed by atoms with E-state index in [4.69, 9.17) is 4.74 Å². The predicted octanol–water partition coefficient (Wildman–Crippen LogP) is 4.59. The lowest BCUT2D eigenvalue weighted by molar-refractivity contribution is -0.120. The average Bonchev–Trinajstić information content (AvgIpc) is 3.38. The molecule has 2 aromatic heterocycles. The molecule has 0 atom stereocenters. The largest absolute Gasteiger partial charge is 0.493 e. The Kier molecular flexibility index (Phi) is 6.56. The Morgan fingerprint density at radius 2 is 1.90 bits per heavy atom. The molecule has 0 aliphatic carbocycles. The van der Waals surface area contributed by atoms with E-state index in [1.807, 2.05) is 54.8 Å². The standard InChI is InChI=1S/C22H22N4O2S2/c1-2-28-18-9-5-3-7-16(18)21-25-15(14-29-21)13-20(27)23-11-12-24-22-26-17-8-4-6-10-19(17)30-22/h3-10,14H,2,11-13H2,1H3,(H,23,27)(H,24,26). The van der Waals surface area contributed by atoms with Crippen LogP contribution < -0.4 is 15.4 Å². The minimum absolute atomic E-state index is 0.0453. The molecule has 2 N–H and O–H groups in total. The van der Waals surface area contributed by atoms with Crippen LogP contribution in [0.25, 0.3) is 20.8 Å². The van der Waals surface area contributed by atoms with Crippen LogP contribution in [-0.4, -0.2) is 35.6 Å². The normalized spacial score (nSPS) is 10.8. The van der Waals surface area contributed by atoms with Gasteiger partial charge in [0.25, 0.3) is 0 Å². The molecule has 0 spiro atoms. The number of benzene rings is 2. The molecule has 8 heteroatoms. The third-order valence-corrected chi connectivity index (χ3v) is 6.25. The summed E-state index contributed by atoms with van der Waals surface area (Å²) >= 11 is 3.13. The molecule has 30 heavy (non-hydrogen) atoms. The van der Waals surface area contributed by atoms with Gasteiger partial charge in [-0.2, -0.15) is 0 Å². The number of rotatable bonds is 9. The fraction of sp³-hybridized carbons (Fsp3) is 0.227. The van der Waals surface area contributed by atoms with Gasteiger partial charge in [-0.05, 0) is 31.2 Å². The smallest absolute Gasteiger partial charge is 0.226 e. The van der Waals surface area contributed by atoms with E-state index in [0.29, 0.717) is 19.7 Å². The number of anilines is 1. The van der Waals surface area contributed by atoms with Gasteiger partial charge < -0.3 is 15.4 Å². The van der Waals surface area contributed by atoms with Gasteiger partial charge in [-0.3, -0.25) is 4.79 Å². The highest BCUT2D eigenvalue weighted by Crippen LogP contribution is 2.32. The number of fused-ring (bicyclic) bond motifs is 1. The lowest BCUT2D eigenvalue weighted by Gasteiger charge is -2.07. The maximum atomic E-state index is 12.3. The summed E-state index contributed by atoms with van der Waals surface area (Å²) in [7, 11) is 0. The first-order valence-corrected chi connectivity index (χ1v) is 11.5.